The van der Waals surface area contributed by atoms with E-state index in [1.54, 1.807) is 12.3 Å². The number of nitrogen functional groups attached to an aromatic ring is 1. The molecule has 8 nitrogen and oxygen atoms in total. The summed E-state index contributed by atoms with van der Waals surface area (Å²) in [6.07, 6.45) is 3.11. The van der Waals surface area contributed by atoms with Crippen LogP contribution in [0.2, 0.25) is 0 Å². The van der Waals surface area contributed by atoms with Gasteiger partial charge in [-0.2, -0.15) is 4.98 Å². The fourth-order valence-corrected chi connectivity index (χ4v) is 3.71. The molecular formula is C22H20F2N8. The third kappa shape index (κ3) is 3.76. The zero-order valence-corrected chi connectivity index (χ0v) is 17.0. The number of pyridine rings is 2. The molecule has 1 aliphatic heterocycles. The summed E-state index contributed by atoms with van der Waals surface area (Å²) in [7, 11) is 0. The first-order chi connectivity index (χ1) is 15.6. The van der Waals surface area contributed by atoms with Gasteiger partial charge in [0.05, 0.1) is 17.4 Å². The largest absolute Gasteiger partial charge is 0.383 e. The summed E-state index contributed by atoms with van der Waals surface area (Å²) >= 11 is 0. The first-order valence-corrected chi connectivity index (χ1v) is 10.2. The number of aromatic nitrogens is 4. The van der Waals surface area contributed by atoms with Gasteiger partial charge in [0, 0.05) is 37.8 Å². The van der Waals surface area contributed by atoms with Crippen molar-refractivity contribution < 1.29 is 8.78 Å². The van der Waals surface area contributed by atoms with Gasteiger partial charge in [0.15, 0.2) is 0 Å². The van der Waals surface area contributed by atoms with Crippen LogP contribution in [0.5, 0.6) is 0 Å². The van der Waals surface area contributed by atoms with E-state index in [0.29, 0.717) is 11.1 Å². The molecule has 0 unspecified atom stereocenters. The molecule has 1 aliphatic rings. The maximum Gasteiger partial charge on any atom is 0.229 e. The summed E-state index contributed by atoms with van der Waals surface area (Å²) in [6, 6.07) is 9.05. The van der Waals surface area contributed by atoms with Crippen molar-refractivity contribution >= 4 is 34.2 Å². The first-order valence-electron chi connectivity index (χ1n) is 10.2. The number of hydrogen-bond donors (Lipinski definition) is 3. The van der Waals surface area contributed by atoms with E-state index in [-0.39, 0.29) is 28.5 Å². The highest BCUT2D eigenvalue weighted by molar-refractivity contribution is 5.97. The van der Waals surface area contributed by atoms with Gasteiger partial charge in [-0.25, -0.2) is 18.7 Å². The van der Waals surface area contributed by atoms with E-state index < -0.39 is 11.6 Å². The monoisotopic (exact) mass is 434 g/mol. The lowest BCUT2D eigenvalue weighted by atomic mass is 10.1. The van der Waals surface area contributed by atoms with E-state index in [1.165, 1.54) is 24.4 Å². The van der Waals surface area contributed by atoms with Crippen molar-refractivity contribution in [2.24, 2.45) is 0 Å². The second-order valence-electron chi connectivity index (χ2n) is 7.35. The van der Waals surface area contributed by atoms with Gasteiger partial charge in [-0.3, -0.25) is 4.98 Å². The minimum atomic E-state index is -0.732. The highest BCUT2D eigenvalue weighted by Crippen LogP contribution is 2.32. The highest BCUT2D eigenvalue weighted by Gasteiger charge is 2.18. The van der Waals surface area contributed by atoms with Crippen molar-refractivity contribution in [3.63, 3.8) is 0 Å². The number of piperazine rings is 1. The summed E-state index contributed by atoms with van der Waals surface area (Å²) in [5.74, 6) is -0.229. The second-order valence-corrected chi connectivity index (χ2v) is 7.35. The van der Waals surface area contributed by atoms with Crippen LogP contribution >= 0.6 is 0 Å². The number of nitrogens with two attached hydrogens (primary N) is 1. The van der Waals surface area contributed by atoms with Crippen LogP contribution in [0, 0.1) is 11.6 Å². The number of rotatable bonds is 4. The van der Waals surface area contributed by atoms with Crippen LogP contribution in [-0.4, -0.2) is 46.1 Å². The summed E-state index contributed by atoms with van der Waals surface area (Å²) in [5, 5.41) is 6.83. The lowest BCUT2D eigenvalue weighted by molar-refractivity contribution is 0.585. The number of anilines is 4. The van der Waals surface area contributed by atoms with Gasteiger partial charge in [-0.05, 0) is 30.3 Å². The highest BCUT2D eigenvalue weighted by atomic mass is 19.1. The molecule has 0 atom stereocenters. The van der Waals surface area contributed by atoms with Crippen molar-refractivity contribution in [2.45, 2.75) is 0 Å². The first kappa shape index (κ1) is 20.0. The van der Waals surface area contributed by atoms with Crippen molar-refractivity contribution in [2.75, 3.05) is 42.1 Å². The Kier molecular flexibility index (Phi) is 5.20. The Balaban J connectivity index is 1.50. The van der Waals surface area contributed by atoms with Crippen molar-refractivity contribution in [3.8, 4) is 11.3 Å². The maximum atomic E-state index is 14.4. The van der Waals surface area contributed by atoms with Gasteiger partial charge in [-0.1, -0.05) is 6.07 Å². The Hall–Kier alpha value is -3.92. The number of hydrogen-bond acceptors (Lipinski definition) is 8. The lowest BCUT2D eigenvalue weighted by Crippen LogP contribution is -2.43. The molecule has 0 bridgehead atoms. The van der Waals surface area contributed by atoms with E-state index >= 15 is 0 Å². The standard InChI is InChI=1S/C22H20F2N8/c23-15-2-1-3-16(24)18(15)20-19-14(6-7-27-20)21(25)31-22(30-19)29-13-4-5-17(28-12-13)32-10-8-26-9-11-32/h1-7,12,26H,8-11H2,(H3,25,29,30,31). The number of nitrogens with zero attached hydrogens (tertiary/aromatic N) is 5. The summed E-state index contributed by atoms with van der Waals surface area (Å²) in [5.41, 5.74) is 6.82. The van der Waals surface area contributed by atoms with E-state index in [0.717, 1.165) is 32.0 Å². The Morgan fingerprint density at radius 1 is 0.969 bits per heavy atom. The molecule has 5 rings (SSSR count). The topological polar surface area (TPSA) is 105 Å². The lowest BCUT2D eigenvalue weighted by Gasteiger charge is -2.28. The van der Waals surface area contributed by atoms with Gasteiger partial charge in [0.2, 0.25) is 5.95 Å². The molecule has 4 aromatic rings. The molecule has 1 saturated heterocycles. The van der Waals surface area contributed by atoms with Crippen LogP contribution in [-0.2, 0) is 0 Å². The molecule has 1 aromatic carbocycles. The van der Waals surface area contributed by atoms with Gasteiger partial charge in [-0.15, -0.1) is 0 Å². The second kappa shape index (κ2) is 8.31. The molecule has 3 aromatic heterocycles. The van der Waals surface area contributed by atoms with Crippen molar-refractivity contribution in [1.29, 1.82) is 0 Å². The Labute approximate surface area is 182 Å². The van der Waals surface area contributed by atoms with E-state index in [1.807, 2.05) is 12.1 Å². The third-order valence-corrected chi connectivity index (χ3v) is 5.29. The number of halogens is 2. The predicted octanol–water partition coefficient (Wildman–Crippen LogP) is 3.10. The molecule has 1 fully saturated rings. The quantitative estimate of drug-likeness (QED) is 0.450. The Morgan fingerprint density at radius 2 is 1.75 bits per heavy atom. The Morgan fingerprint density at radius 3 is 2.47 bits per heavy atom. The van der Waals surface area contributed by atoms with Crippen LogP contribution in [0.3, 0.4) is 0 Å². The molecule has 0 radical (unpaired) electrons. The smallest absolute Gasteiger partial charge is 0.229 e. The minimum absolute atomic E-state index is 0.0578. The molecule has 4 heterocycles. The summed E-state index contributed by atoms with van der Waals surface area (Å²) in [4.78, 5) is 19.6. The van der Waals surface area contributed by atoms with Crippen molar-refractivity contribution in [1.82, 2.24) is 25.3 Å². The molecule has 162 valence electrons. The van der Waals surface area contributed by atoms with E-state index in [4.69, 9.17) is 5.73 Å². The van der Waals surface area contributed by atoms with Gasteiger partial charge < -0.3 is 21.3 Å². The normalized spacial score (nSPS) is 14.0. The summed E-state index contributed by atoms with van der Waals surface area (Å²) < 4.78 is 28.8. The zero-order chi connectivity index (χ0) is 22.1. The predicted molar refractivity (Wildman–Crippen MR) is 120 cm³/mol. The molecule has 0 spiro atoms. The fraction of sp³-hybridized carbons (Fsp3) is 0.182. The van der Waals surface area contributed by atoms with E-state index in [2.05, 4.69) is 35.5 Å². The molecule has 4 N–H and O–H groups in total. The summed E-state index contributed by atoms with van der Waals surface area (Å²) in [6.45, 7) is 3.63. The van der Waals surface area contributed by atoms with Crippen LogP contribution in [0.25, 0.3) is 22.2 Å². The minimum Gasteiger partial charge on any atom is -0.383 e. The van der Waals surface area contributed by atoms with Gasteiger partial charge in [0.1, 0.15) is 34.5 Å². The molecule has 0 saturated carbocycles. The van der Waals surface area contributed by atoms with Crippen LogP contribution in [0.15, 0.2) is 48.8 Å². The van der Waals surface area contributed by atoms with Crippen molar-refractivity contribution in [3.05, 3.63) is 60.4 Å². The van der Waals surface area contributed by atoms with Crippen LogP contribution in [0.1, 0.15) is 0 Å². The zero-order valence-electron chi connectivity index (χ0n) is 17.0. The maximum absolute atomic E-state index is 14.4. The van der Waals surface area contributed by atoms with Crippen LogP contribution in [0.4, 0.5) is 32.1 Å². The Bertz CT molecular complexity index is 1250. The average Bonchev–Trinajstić information content (AvgIpc) is 2.80. The molecule has 32 heavy (non-hydrogen) atoms. The SMILES string of the molecule is Nc1nc(Nc2ccc(N3CCNCC3)nc2)nc2c(-c3c(F)cccc3F)nccc12. The van der Waals surface area contributed by atoms with Crippen LogP contribution < -0.4 is 21.3 Å². The molecule has 0 aliphatic carbocycles. The van der Waals surface area contributed by atoms with Gasteiger partial charge in [0.25, 0.3) is 0 Å². The number of benzene rings is 1. The molecule has 10 heteroatoms. The average molecular weight is 434 g/mol. The van der Waals surface area contributed by atoms with Gasteiger partial charge >= 0.3 is 0 Å². The third-order valence-electron chi connectivity index (χ3n) is 5.29. The number of fused-ring (bicyclic) bond motifs is 1. The molecule has 0 amide bonds. The number of nitrogens with one attached hydrogen (secondary N) is 2. The molecular weight excluding hydrogens is 414 g/mol. The fourth-order valence-electron chi connectivity index (χ4n) is 3.71. The van der Waals surface area contributed by atoms with E-state index in [9.17, 15) is 8.78 Å².